The average molecular weight is 365 g/mol. The molecule has 0 aliphatic carbocycles. The molecule has 0 fully saturated rings. The predicted molar refractivity (Wildman–Crippen MR) is 77.5 cm³/mol. The lowest BCUT2D eigenvalue weighted by molar-refractivity contribution is -0.181. The van der Waals surface area contributed by atoms with Crippen LogP contribution < -0.4 is 5.73 Å². The molecule has 0 radical (unpaired) electrons. The van der Waals surface area contributed by atoms with Crippen LogP contribution in [0.15, 0.2) is 0 Å². The van der Waals surface area contributed by atoms with Crippen molar-refractivity contribution in [3.63, 3.8) is 0 Å². The number of carbonyl (C=O) groups is 5. The molecule has 13 heteroatoms. The van der Waals surface area contributed by atoms with Crippen molar-refractivity contribution in [3.05, 3.63) is 0 Å². The van der Waals surface area contributed by atoms with Gasteiger partial charge in [0.1, 0.15) is 18.6 Å². The number of rotatable bonds is 13. The molecule has 7 N–H and O–H groups in total. The van der Waals surface area contributed by atoms with Gasteiger partial charge in [-0.15, -0.1) is 0 Å². The Kier molecular flexibility index (Phi) is 9.04. The third-order valence-corrected chi connectivity index (χ3v) is 2.98. The van der Waals surface area contributed by atoms with Crippen molar-refractivity contribution < 1.29 is 49.5 Å². The van der Waals surface area contributed by atoms with E-state index in [0.717, 1.165) is 0 Å². The monoisotopic (exact) mass is 365 g/mol. The van der Waals surface area contributed by atoms with Crippen molar-refractivity contribution in [2.24, 2.45) is 5.73 Å². The van der Waals surface area contributed by atoms with Crippen LogP contribution in [0.5, 0.6) is 0 Å². The Bertz CT molecular complexity index is 503. The molecule has 13 nitrogen and oxygen atoms in total. The Balaban J connectivity index is 6.13. The molecule has 0 spiro atoms. The molecule has 0 aromatic heterocycles. The Labute approximate surface area is 140 Å². The SMILES string of the molecule is NCCN(CC(=O)O)N(C(CC(=O)O)C(=O)O)C(CC(=O)O)C(=O)O. The highest BCUT2D eigenvalue weighted by Crippen LogP contribution is 2.17. The van der Waals surface area contributed by atoms with Crippen LogP contribution in [0.3, 0.4) is 0 Å². The van der Waals surface area contributed by atoms with Crippen molar-refractivity contribution in [3.8, 4) is 0 Å². The average Bonchev–Trinajstić information content (AvgIpc) is 2.43. The van der Waals surface area contributed by atoms with Crippen molar-refractivity contribution in [2.45, 2.75) is 24.9 Å². The van der Waals surface area contributed by atoms with Crippen molar-refractivity contribution in [2.75, 3.05) is 19.6 Å². The first kappa shape index (κ1) is 22.2. The lowest BCUT2D eigenvalue weighted by Gasteiger charge is -2.40. The molecule has 2 atom stereocenters. The fourth-order valence-corrected chi connectivity index (χ4v) is 2.11. The maximum Gasteiger partial charge on any atom is 0.322 e. The second-order valence-electron chi connectivity index (χ2n) is 4.85. The highest BCUT2D eigenvalue weighted by molar-refractivity contribution is 5.84. The number of carboxylic acids is 5. The van der Waals surface area contributed by atoms with Crippen LogP contribution >= 0.6 is 0 Å². The van der Waals surface area contributed by atoms with Gasteiger partial charge < -0.3 is 31.3 Å². The maximum atomic E-state index is 11.4. The lowest BCUT2D eigenvalue weighted by atomic mass is 10.1. The first-order valence-electron chi connectivity index (χ1n) is 6.85. The van der Waals surface area contributed by atoms with E-state index < -0.39 is 61.3 Å². The highest BCUT2D eigenvalue weighted by atomic mass is 16.4. The minimum absolute atomic E-state index is 0.220. The number of nitrogens with two attached hydrogens (primary N) is 1. The summed E-state index contributed by atoms with van der Waals surface area (Å²) in [7, 11) is 0. The number of hydrogen-bond donors (Lipinski definition) is 6. The van der Waals surface area contributed by atoms with Crippen molar-refractivity contribution >= 4 is 29.8 Å². The summed E-state index contributed by atoms with van der Waals surface area (Å²) < 4.78 is 0. The number of hydrogen-bond acceptors (Lipinski definition) is 8. The molecule has 25 heavy (non-hydrogen) atoms. The first-order chi connectivity index (χ1) is 11.5. The smallest absolute Gasteiger partial charge is 0.322 e. The molecule has 0 rings (SSSR count). The van der Waals surface area contributed by atoms with Gasteiger partial charge >= 0.3 is 29.8 Å². The number of carboxylic acid groups (broad SMARTS) is 5. The van der Waals surface area contributed by atoms with E-state index in [2.05, 4.69) is 0 Å². The van der Waals surface area contributed by atoms with Gasteiger partial charge in [0.15, 0.2) is 0 Å². The van der Waals surface area contributed by atoms with Crippen LogP contribution in [0.2, 0.25) is 0 Å². The number of hydrazine groups is 1. The summed E-state index contributed by atoms with van der Waals surface area (Å²) in [4.78, 5) is 55.7. The molecule has 0 saturated heterocycles. The highest BCUT2D eigenvalue weighted by Gasteiger charge is 2.41. The van der Waals surface area contributed by atoms with E-state index in [4.69, 9.17) is 21.1 Å². The summed E-state index contributed by atoms with van der Waals surface area (Å²) in [5, 5.41) is 46.3. The molecule has 0 saturated carbocycles. The zero-order valence-electron chi connectivity index (χ0n) is 12.9. The largest absolute Gasteiger partial charge is 0.481 e. The standard InChI is InChI=1S/C12H19N3O10/c13-1-2-14(5-10(20)21)15(6(11(22)23)3-8(16)17)7(12(24)25)4-9(18)19/h6-7H,1-5,13H2,(H,16,17)(H,18,19)(H,20,21)(H,22,23)(H,24,25). The summed E-state index contributed by atoms with van der Waals surface area (Å²) in [6, 6.07) is -4.02. The van der Waals surface area contributed by atoms with E-state index in [1.54, 1.807) is 0 Å². The van der Waals surface area contributed by atoms with E-state index in [-0.39, 0.29) is 13.1 Å². The molecule has 0 amide bonds. The summed E-state index contributed by atoms with van der Waals surface area (Å²) in [6.07, 6.45) is -2.17. The van der Waals surface area contributed by atoms with E-state index in [1.807, 2.05) is 0 Å². The summed E-state index contributed by atoms with van der Waals surface area (Å²) in [5.41, 5.74) is 5.31. The van der Waals surface area contributed by atoms with E-state index >= 15 is 0 Å². The van der Waals surface area contributed by atoms with Crippen molar-refractivity contribution in [1.29, 1.82) is 0 Å². The Morgan fingerprint density at radius 3 is 1.40 bits per heavy atom. The Hall–Kier alpha value is -2.77. The quantitative estimate of drug-likeness (QED) is 0.185. The number of nitrogens with zero attached hydrogens (tertiary/aromatic N) is 2. The molecule has 0 aromatic carbocycles. The molecule has 142 valence electrons. The van der Waals surface area contributed by atoms with Crippen LogP contribution in [-0.4, -0.2) is 97.1 Å². The predicted octanol–water partition coefficient (Wildman–Crippen LogP) is -2.60. The summed E-state index contributed by atoms with van der Waals surface area (Å²) in [5.74, 6) is -8.19. The summed E-state index contributed by atoms with van der Waals surface area (Å²) in [6.45, 7) is -1.45. The second kappa shape index (κ2) is 10.2. The van der Waals surface area contributed by atoms with Crippen molar-refractivity contribution in [1.82, 2.24) is 10.0 Å². The van der Waals surface area contributed by atoms with Gasteiger partial charge in [-0.05, 0) is 0 Å². The topological polar surface area (TPSA) is 219 Å². The van der Waals surface area contributed by atoms with Gasteiger partial charge in [-0.1, -0.05) is 0 Å². The molecular formula is C12H19N3O10. The second-order valence-corrected chi connectivity index (χ2v) is 4.85. The minimum atomic E-state index is -2.01. The van der Waals surface area contributed by atoms with E-state index in [1.165, 1.54) is 0 Å². The van der Waals surface area contributed by atoms with Gasteiger partial charge in [0.05, 0.1) is 12.8 Å². The summed E-state index contributed by atoms with van der Waals surface area (Å²) >= 11 is 0. The van der Waals surface area contributed by atoms with Gasteiger partial charge in [-0.3, -0.25) is 24.0 Å². The molecule has 0 heterocycles. The van der Waals surface area contributed by atoms with Crippen LogP contribution in [-0.2, 0) is 24.0 Å². The van der Waals surface area contributed by atoms with Crippen LogP contribution in [0.1, 0.15) is 12.8 Å². The first-order valence-corrected chi connectivity index (χ1v) is 6.85. The molecule has 0 aliphatic rings. The van der Waals surface area contributed by atoms with Gasteiger partial charge in [0, 0.05) is 13.1 Å². The van der Waals surface area contributed by atoms with Crippen LogP contribution in [0.25, 0.3) is 0 Å². The van der Waals surface area contributed by atoms with Gasteiger partial charge in [-0.2, -0.15) is 0 Å². The Morgan fingerprint density at radius 1 is 0.760 bits per heavy atom. The van der Waals surface area contributed by atoms with Gasteiger partial charge in [0.25, 0.3) is 0 Å². The molecule has 0 aliphatic heterocycles. The maximum absolute atomic E-state index is 11.4. The minimum Gasteiger partial charge on any atom is -0.481 e. The molecule has 2 unspecified atom stereocenters. The number of aliphatic carboxylic acids is 5. The Morgan fingerprint density at radius 2 is 1.16 bits per heavy atom. The zero-order valence-corrected chi connectivity index (χ0v) is 12.9. The third-order valence-electron chi connectivity index (χ3n) is 2.98. The van der Waals surface area contributed by atoms with E-state index in [0.29, 0.717) is 10.0 Å². The fourth-order valence-electron chi connectivity index (χ4n) is 2.11. The van der Waals surface area contributed by atoms with Gasteiger partial charge in [-0.25, -0.2) is 10.0 Å². The third kappa shape index (κ3) is 7.56. The molecular weight excluding hydrogens is 346 g/mol. The molecule has 0 aromatic rings. The van der Waals surface area contributed by atoms with Gasteiger partial charge in [0.2, 0.25) is 0 Å². The lowest BCUT2D eigenvalue weighted by Crippen LogP contribution is -2.61. The van der Waals surface area contributed by atoms with E-state index in [9.17, 15) is 34.2 Å². The zero-order chi connectivity index (χ0) is 19.7. The van der Waals surface area contributed by atoms with Crippen LogP contribution in [0.4, 0.5) is 0 Å². The van der Waals surface area contributed by atoms with Crippen LogP contribution in [0, 0.1) is 0 Å². The molecule has 0 bridgehead atoms. The fraction of sp³-hybridized carbons (Fsp3) is 0.583. The normalized spacial score (nSPS) is 13.4.